The highest BCUT2D eigenvalue weighted by atomic mass is 32.1. The molecule has 1 unspecified atom stereocenters. The monoisotopic (exact) mass is 286 g/mol. The Labute approximate surface area is 106 Å². The Morgan fingerprint density at radius 3 is 2.72 bits per heavy atom. The van der Waals surface area contributed by atoms with Crippen molar-refractivity contribution in [2.75, 3.05) is 6.61 Å². The predicted molar refractivity (Wildman–Crippen MR) is 60.1 cm³/mol. The Morgan fingerprint density at radius 1 is 1.50 bits per heavy atom. The van der Waals surface area contributed by atoms with Gasteiger partial charge in [-0.2, -0.15) is 8.78 Å². The third kappa shape index (κ3) is 4.87. The van der Waals surface area contributed by atoms with Gasteiger partial charge in [0.2, 0.25) is 0 Å². The number of hydrogen-bond acceptors (Lipinski definition) is 4. The topological polar surface area (TPSA) is 48.1 Å². The summed E-state index contributed by atoms with van der Waals surface area (Å²) < 4.78 is 53.2. The van der Waals surface area contributed by atoms with Crippen LogP contribution in [0, 0.1) is 0 Å². The number of hydrogen-bond donors (Lipinski definition) is 1. The third-order valence-corrected chi connectivity index (χ3v) is 2.84. The number of nitrogens with two attached hydrogens (primary N) is 1. The van der Waals surface area contributed by atoms with Crippen molar-refractivity contribution in [2.45, 2.75) is 38.3 Å². The van der Waals surface area contributed by atoms with Gasteiger partial charge in [-0.25, -0.2) is 13.8 Å². The molecule has 8 heteroatoms. The summed E-state index contributed by atoms with van der Waals surface area (Å²) in [7, 11) is 0. The molecule has 1 heterocycles. The lowest BCUT2D eigenvalue weighted by Gasteiger charge is -2.14. The van der Waals surface area contributed by atoms with Gasteiger partial charge in [-0.15, -0.1) is 11.3 Å². The van der Waals surface area contributed by atoms with E-state index in [0.717, 1.165) is 5.69 Å². The minimum absolute atomic E-state index is 0.0518. The van der Waals surface area contributed by atoms with Crippen molar-refractivity contribution in [3.63, 3.8) is 0 Å². The molecule has 0 amide bonds. The molecule has 0 aliphatic heterocycles. The van der Waals surface area contributed by atoms with Crippen molar-refractivity contribution in [1.29, 1.82) is 0 Å². The van der Waals surface area contributed by atoms with E-state index in [1.807, 2.05) is 6.92 Å². The van der Waals surface area contributed by atoms with E-state index in [2.05, 4.69) is 9.72 Å². The van der Waals surface area contributed by atoms with Crippen LogP contribution in [0.2, 0.25) is 0 Å². The first-order chi connectivity index (χ1) is 8.31. The van der Waals surface area contributed by atoms with E-state index < -0.39 is 19.0 Å². The molecule has 0 radical (unpaired) electrons. The van der Waals surface area contributed by atoms with Gasteiger partial charge in [0.1, 0.15) is 11.6 Å². The molecule has 1 rings (SSSR count). The highest BCUT2D eigenvalue weighted by molar-refractivity contribution is 7.09. The summed E-state index contributed by atoms with van der Waals surface area (Å²) in [6.45, 7) is 0.303. The number of thiazole rings is 1. The molecule has 0 saturated carbocycles. The fourth-order valence-corrected chi connectivity index (χ4v) is 1.92. The molecular formula is C10H14F4N2OS. The van der Waals surface area contributed by atoms with Crippen LogP contribution in [0.4, 0.5) is 17.6 Å². The summed E-state index contributed by atoms with van der Waals surface area (Å²) in [6.07, 6.45) is -3.15. The van der Waals surface area contributed by atoms with E-state index in [1.165, 1.54) is 11.3 Å². The molecule has 104 valence electrons. The quantitative estimate of drug-likeness (QED) is 0.783. The zero-order valence-corrected chi connectivity index (χ0v) is 10.5. The van der Waals surface area contributed by atoms with E-state index in [4.69, 9.17) is 5.73 Å². The Hall–Kier alpha value is -0.730. The molecule has 0 fully saturated rings. The van der Waals surface area contributed by atoms with Crippen molar-refractivity contribution in [3.05, 3.63) is 16.1 Å². The predicted octanol–water partition coefficient (Wildman–Crippen LogP) is 2.45. The summed E-state index contributed by atoms with van der Waals surface area (Å²) >= 11 is 1.23. The van der Waals surface area contributed by atoms with Crippen LogP contribution in [-0.2, 0) is 17.8 Å². The van der Waals surface area contributed by atoms with Crippen molar-refractivity contribution in [2.24, 2.45) is 5.73 Å². The molecule has 1 atom stereocenters. The number of aromatic nitrogens is 1. The Kier molecular flexibility index (Phi) is 5.48. The molecule has 2 N–H and O–H groups in total. The van der Waals surface area contributed by atoms with Gasteiger partial charge in [-0.3, -0.25) is 0 Å². The number of halogens is 4. The maximum Gasteiger partial charge on any atom is 0.330 e. The second kappa shape index (κ2) is 6.44. The first-order valence-corrected chi connectivity index (χ1v) is 6.12. The minimum atomic E-state index is -4.12. The van der Waals surface area contributed by atoms with Gasteiger partial charge in [-0.1, -0.05) is 0 Å². The molecule has 0 aromatic carbocycles. The number of ether oxygens (including phenoxy) is 1. The van der Waals surface area contributed by atoms with Crippen LogP contribution < -0.4 is 5.73 Å². The third-order valence-electron chi connectivity index (χ3n) is 1.97. The first-order valence-electron chi connectivity index (χ1n) is 5.24. The minimum Gasteiger partial charge on any atom is -0.368 e. The summed E-state index contributed by atoms with van der Waals surface area (Å²) in [4.78, 5) is 4.10. The number of alkyl halides is 4. The van der Waals surface area contributed by atoms with Gasteiger partial charge in [-0.05, 0) is 6.92 Å². The van der Waals surface area contributed by atoms with Gasteiger partial charge >= 0.3 is 12.3 Å². The lowest BCUT2D eigenvalue weighted by atomic mass is 10.2. The van der Waals surface area contributed by atoms with Gasteiger partial charge in [0.05, 0.1) is 12.3 Å². The van der Waals surface area contributed by atoms with Gasteiger partial charge in [0, 0.05) is 17.8 Å². The zero-order chi connectivity index (χ0) is 13.8. The summed E-state index contributed by atoms with van der Waals surface area (Å²) in [5.74, 6) is -4.12. The van der Waals surface area contributed by atoms with E-state index in [1.54, 1.807) is 5.38 Å². The summed E-state index contributed by atoms with van der Waals surface area (Å²) in [5, 5.41) is 2.21. The highest BCUT2D eigenvalue weighted by Gasteiger charge is 2.40. The average Bonchev–Trinajstić information content (AvgIpc) is 2.64. The molecule has 0 aliphatic carbocycles. The maximum absolute atomic E-state index is 12.5. The molecular weight excluding hydrogens is 272 g/mol. The largest absolute Gasteiger partial charge is 0.368 e. The van der Waals surface area contributed by atoms with Crippen LogP contribution >= 0.6 is 11.3 Å². The zero-order valence-electron chi connectivity index (χ0n) is 9.71. The van der Waals surface area contributed by atoms with Crippen molar-refractivity contribution in [3.8, 4) is 0 Å². The fourth-order valence-electron chi connectivity index (χ4n) is 1.18. The van der Waals surface area contributed by atoms with Crippen molar-refractivity contribution in [1.82, 2.24) is 4.98 Å². The number of rotatable bonds is 7. The summed E-state index contributed by atoms with van der Waals surface area (Å²) in [5.41, 5.74) is 6.32. The van der Waals surface area contributed by atoms with Gasteiger partial charge < -0.3 is 10.5 Å². The average molecular weight is 286 g/mol. The van der Waals surface area contributed by atoms with Gasteiger partial charge in [0.15, 0.2) is 0 Å². The van der Waals surface area contributed by atoms with Crippen molar-refractivity contribution < 1.29 is 22.3 Å². The lowest BCUT2D eigenvalue weighted by Crippen LogP contribution is -2.32. The Morgan fingerprint density at radius 2 is 2.17 bits per heavy atom. The molecule has 18 heavy (non-hydrogen) atoms. The second-order valence-electron chi connectivity index (χ2n) is 3.97. The highest BCUT2D eigenvalue weighted by Crippen LogP contribution is 2.23. The fraction of sp³-hybridized carbons (Fsp3) is 0.700. The van der Waals surface area contributed by atoms with E-state index in [0.29, 0.717) is 11.4 Å². The smallest absolute Gasteiger partial charge is 0.330 e. The lowest BCUT2D eigenvalue weighted by molar-refractivity contribution is -0.168. The van der Waals surface area contributed by atoms with Crippen LogP contribution in [0.1, 0.15) is 17.6 Å². The molecule has 0 saturated heterocycles. The summed E-state index contributed by atoms with van der Waals surface area (Å²) in [6, 6.07) is -0.0518. The molecule has 0 spiro atoms. The maximum atomic E-state index is 12.5. The van der Waals surface area contributed by atoms with Crippen LogP contribution in [-0.4, -0.2) is 30.0 Å². The van der Waals surface area contributed by atoms with E-state index >= 15 is 0 Å². The van der Waals surface area contributed by atoms with Crippen LogP contribution in [0.15, 0.2) is 5.38 Å². The Balaban J connectivity index is 2.38. The molecule has 0 bridgehead atoms. The molecule has 0 aliphatic rings. The Bertz CT molecular complexity index is 371. The molecule has 1 aromatic rings. The van der Waals surface area contributed by atoms with Crippen LogP contribution in [0.3, 0.4) is 0 Å². The first kappa shape index (κ1) is 15.3. The SMILES string of the molecule is CC(N)Cc1csc(COCC(F)(F)C(F)F)n1. The van der Waals surface area contributed by atoms with Crippen molar-refractivity contribution >= 4 is 11.3 Å². The number of nitrogens with zero attached hydrogens (tertiary/aromatic N) is 1. The molecule has 1 aromatic heterocycles. The van der Waals surface area contributed by atoms with Gasteiger partial charge in [0.25, 0.3) is 0 Å². The van der Waals surface area contributed by atoms with E-state index in [-0.39, 0.29) is 12.6 Å². The van der Waals surface area contributed by atoms with E-state index in [9.17, 15) is 17.6 Å². The normalized spacial score (nSPS) is 14.2. The van der Waals surface area contributed by atoms with Crippen LogP contribution in [0.5, 0.6) is 0 Å². The standard InChI is InChI=1S/C10H14F4N2OS/c1-6(15)2-7-4-18-8(16-7)3-17-5-10(13,14)9(11)12/h4,6,9H,2-3,5,15H2,1H3. The van der Waals surface area contributed by atoms with Crippen LogP contribution in [0.25, 0.3) is 0 Å². The molecule has 3 nitrogen and oxygen atoms in total. The second-order valence-corrected chi connectivity index (χ2v) is 4.91.